The first kappa shape index (κ1) is 9.33. The van der Waals surface area contributed by atoms with Crippen molar-refractivity contribution < 1.29 is 9.59 Å². The minimum absolute atomic E-state index is 0.0750. The Bertz CT molecular complexity index is 361. The molecule has 1 amide bonds. The van der Waals surface area contributed by atoms with E-state index in [1.165, 1.54) is 11.3 Å². The second-order valence-electron chi connectivity index (χ2n) is 3.22. The summed E-state index contributed by atoms with van der Waals surface area (Å²) in [5.74, 6) is -0.652. The molecule has 1 fully saturated rings. The van der Waals surface area contributed by atoms with Crippen LogP contribution in [-0.4, -0.2) is 28.1 Å². The van der Waals surface area contributed by atoms with Gasteiger partial charge in [-0.25, -0.2) is 4.98 Å². The molecule has 1 saturated heterocycles. The maximum Gasteiger partial charge on any atom is 0.290 e. The number of hydrogen-bond donors (Lipinski definition) is 0. The minimum Gasteiger partial charge on any atom is -0.326 e. The summed E-state index contributed by atoms with van der Waals surface area (Å²) in [5.41, 5.74) is 0. The van der Waals surface area contributed by atoms with Crippen molar-refractivity contribution in [2.75, 3.05) is 6.54 Å². The molecule has 0 saturated carbocycles. The lowest BCUT2D eigenvalue weighted by molar-refractivity contribution is -0.141. The molecule has 14 heavy (non-hydrogen) atoms. The highest BCUT2D eigenvalue weighted by atomic mass is 32.1. The molecule has 0 N–H and O–H groups in total. The maximum atomic E-state index is 11.4. The molecule has 2 heterocycles. The van der Waals surface area contributed by atoms with Gasteiger partial charge in [0.25, 0.3) is 5.91 Å². The molecule has 1 unspecified atom stereocenters. The van der Waals surface area contributed by atoms with Crippen molar-refractivity contribution in [3.8, 4) is 0 Å². The third-order valence-electron chi connectivity index (χ3n) is 2.36. The van der Waals surface area contributed by atoms with Crippen molar-refractivity contribution in [1.82, 2.24) is 9.88 Å². The van der Waals surface area contributed by atoms with Gasteiger partial charge in [-0.1, -0.05) is 0 Å². The fourth-order valence-electron chi connectivity index (χ4n) is 1.53. The van der Waals surface area contributed by atoms with Crippen LogP contribution in [0.1, 0.15) is 24.4 Å². The number of hydrogen-bond acceptors (Lipinski definition) is 4. The number of Topliss-reactive ketones (excluding diaryl/α,β-unsaturated/α-hetero) is 1. The van der Waals surface area contributed by atoms with Gasteiger partial charge in [0, 0.05) is 24.5 Å². The van der Waals surface area contributed by atoms with Gasteiger partial charge in [0.1, 0.15) is 5.01 Å². The number of aromatic nitrogens is 1. The number of likely N-dealkylation sites (tertiary alicyclic amines) is 1. The van der Waals surface area contributed by atoms with Gasteiger partial charge in [-0.05, 0) is 6.92 Å². The lowest BCUT2D eigenvalue weighted by atomic mass is 10.3. The van der Waals surface area contributed by atoms with E-state index >= 15 is 0 Å². The highest BCUT2D eigenvalue weighted by Crippen LogP contribution is 2.25. The Labute approximate surface area is 85.6 Å². The van der Waals surface area contributed by atoms with Gasteiger partial charge in [-0.3, -0.25) is 9.59 Å². The molecule has 1 aliphatic rings. The Morgan fingerprint density at radius 2 is 2.36 bits per heavy atom. The average molecular weight is 210 g/mol. The number of thiazole rings is 1. The van der Waals surface area contributed by atoms with Crippen LogP contribution in [0, 0.1) is 0 Å². The van der Waals surface area contributed by atoms with E-state index in [-0.39, 0.29) is 17.7 Å². The van der Waals surface area contributed by atoms with Crippen LogP contribution in [0.25, 0.3) is 0 Å². The molecule has 0 spiro atoms. The van der Waals surface area contributed by atoms with Gasteiger partial charge in [-0.15, -0.1) is 11.3 Å². The third kappa shape index (κ3) is 1.43. The summed E-state index contributed by atoms with van der Waals surface area (Å²) in [6, 6.07) is -0.0750. The van der Waals surface area contributed by atoms with Crippen LogP contribution in [0.4, 0.5) is 0 Å². The summed E-state index contributed by atoms with van der Waals surface area (Å²) in [6.07, 6.45) is 2.05. The van der Waals surface area contributed by atoms with E-state index in [0.29, 0.717) is 13.0 Å². The number of ketones is 1. The summed E-state index contributed by atoms with van der Waals surface area (Å²) < 4.78 is 0. The van der Waals surface area contributed by atoms with Crippen LogP contribution in [0.5, 0.6) is 0 Å². The van der Waals surface area contributed by atoms with E-state index in [1.54, 1.807) is 11.1 Å². The predicted molar refractivity (Wildman–Crippen MR) is 51.9 cm³/mol. The fraction of sp³-hybridized carbons (Fsp3) is 0.444. The smallest absolute Gasteiger partial charge is 0.290 e. The molecular weight excluding hydrogens is 200 g/mol. The number of carbonyl (C=O) groups is 2. The predicted octanol–water partition coefficient (Wildman–Crippen LogP) is 1.01. The molecule has 1 atom stereocenters. The Morgan fingerprint density at radius 3 is 2.86 bits per heavy atom. The van der Waals surface area contributed by atoms with Crippen molar-refractivity contribution in [2.24, 2.45) is 0 Å². The van der Waals surface area contributed by atoms with Crippen molar-refractivity contribution in [3.63, 3.8) is 0 Å². The minimum atomic E-state index is -0.368. The lowest BCUT2D eigenvalue weighted by Crippen LogP contribution is -2.30. The van der Waals surface area contributed by atoms with E-state index in [1.807, 2.05) is 12.3 Å². The molecule has 0 radical (unpaired) electrons. The number of carbonyl (C=O) groups excluding carboxylic acids is 2. The van der Waals surface area contributed by atoms with E-state index in [9.17, 15) is 9.59 Å². The van der Waals surface area contributed by atoms with E-state index < -0.39 is 0 Å². The summed E-state index contributed by atoms with van der Waals surface area (Å²) in [6.45, 7) is 2.42. The third-order valence-corrected chi connectivity index (χ3v) is 3.30. The standard InChI is InChI=1S/C9H10N2O2S/c1-6(8-10-3-5-14-8)11-4-2-7(12)9(11)13/h3,5-6H,2,4H2,1H3. The first-order valence-electron chi connectivity index (χ1n) is 4.43. The first-order chi connectivity index (χ1) is 6.70. The zero-order valence-electron chi connectivity index (χ0n) is 7.77. The molecule has 5 heteroatoms. The van der Waals surface area contributed by atoms with Gasteiger partial charge in [0.15, 0.2) is 0 Å². The van der Waals surface area contributed by atoms with Crippen molar-refractivity contribution >= 4 is 23.0 Å². The topological polar surface area (TPSA) is 50.3 Å². The average Bonchev–Trinajstić information content (AvgIpc) is 2.77. The Kier molecular flexibility index (Phi) is 2.33. The van der Waals surface area contributed by atoms with Crippen LogP contribution in [0.15, 0.2) is 11.6 Å². The lowest BCUT2D eigenvalue weighted by Gasteiger charge is -2.20. The molecule has 2 rings (SSSR count). The molecule has 1 aromatic heterocycles. The summed E-state index contributed by atoms with van der Waals surface area (Å²) in [7, 11) is 0. The summed E-state index contributed by atoms with van der Waals surface area (Å²) in [5, 5.41) is 2.75. The first-order valence-corrected chi connectivity index (χ1v) is 5.31. The van der Waals surface area contributed by atoms with Gasteiger partial charge in [-0.2, -0.15) is 0 Å². The molecular formula is C9H10N2O2S. The molecule has 0 aromatic carbocycles. The van der Waals surface area contributed by atoms with Crippen LogP contribution >= 0.6 is 11.3 Å². The maximum absolute atomic E-state index is 11.4. The zero-order valence-corrected chi connectivity index (χ0v) is 8.58. The monoisotopic (exact) mass is 210 g/mol. The highest BCUT2D eigenvalue weighted by molar-refractivity contribution is 7.09. The van der Waals surface area contributed by atoms with Gasteiger partial charge in [0.05, 0.1) is 6.04 Å². The van der Waals surface area contributed by atoms with Crippen LogP contribution in [0.3, 0.4) is 0 Å². The molecule has 1 aromatic rings. The van der Waals surface area contributed by atoms with Crippen LogP contribution < -0.4 is 0 Å². The Hall–Kier alpha value is -1.23. The number of nitrogens with zero attached hydrogens (tertiary/aromatic N) is 2. The summed E-state index contributed by atoms with van der Waals surface area (Å²) >= 11 is 1.50. The zero-order chi connectivity index (χ0) is 10.1. The molecule has 0 aliphatic carbocycles. The molecule has 0 bridgehead atoms. The van der Waals surface area contributed by atoms with E-state index in [2.05, 4.69) is 4.98 Å². The fourth-order valence-corrected chi connectivity index (χ4v) is 2.24. The Morgan fingerprint density at radius 1 is 1.57 bits per heavy atom. The molecule has 4 nitrogen and oxygen atoms in total. The normalized spacial score (nSPS) is 19.1. The number of amides is 1. The molecule has 74 valence electrons. The van der Waals surface area contributed by atoms with Crippen molar-refractivity contribution in [3.05, 3.63) is 16.6 Å². The number of rotatable bonds is 2. The van der Waals surface area contributed by atoms with Crippen molar-refractivity contribution in [2.45, 2.75) is 19.4 Å². The highest BCUT2D eigenvalue weighted by Gasteiger charge is 2.33. The van der Waals surface area contributed by atoms with E-state index in [4.69, 9.17) is 0 Å². The van der Waals surface area contributed by atoms with Crippen LogP contribution in [0.2, 0.25) is 0 Å². The van der Waals surface area contributed by atoms with Crippen molar-refractivity contribution in [1.29, 1.82) is 0 Å². The van der Waals surface area contributed by atoms with Crippen LogP contribution in [-0.2, 0) is 9.59 Å². The van der Waals surface area contributed by atoms with E-state index in [0.717, 1.165) is 5.01 Å². The van der Waals surface area contributed by atoms with Gasteiger partial charge in [0.2, 0.25) is 5.78 Å². The Balaban J connectivity index is 2.17. The van der Waals surface area contributed by atoms with Gasteiger partial charge >= 0.3 is 0 Å². The quantitative estimate of drug-likeness (QED) is 0.684. The molecule has 1 aliphatic heterocycles. The summed E-state index contributed by atoms with van der Waals surface area (Å²) in [4.78, 5) is 28.2. The second-order valence-corrected chi connectivity index (χ2v) is 4.14. The largest absolute Gasteiger partial charge is 0.326 e. The van der Waals surface area contributed by atoms with Gasteiger partial charge < -0.3 is 4.90 Å². The SMILES string of the molecule is CC(c1nccs1)N1CCC(=O)C1=O. The second kappa shape index (κ2) is 3.49.